The number of carbonyl (C=O) groups is 1. The van der Waals surface area contributed by atoms with Crippen LogP contribution in [0.25, 0.3) is 0 Å². The Labute approximate surface area is 198 Å². The van der Waals surface area contributed by atoms with E-state index in [1.165, 1.54) is 23.1 Å². The van der Waals surface area contributed by atoms with E-state index in [4.69, 9.17) is 0 Å². The zero-order chi connectivity index (χ0) is 23.0. The van der Waals surface area contributed by atoms with Gasteiger partial charge in [-0.2, -0.15) is 0 Å². The molecule has 1 saturated heterocycles. The minimum atomic E-state index is -1.17. The Bertz CT molecular complexity index is 1030. The van der Waals surface area contributed by atoms with Gasteiger partial charge in [-0.15, -0.1) is 0 Å². The van der Waals surface area contributed by atoms with Crippen LogP contribution in [0, 0.1) is 26.9 Å². The molecule has 2 aliphatic rings. The van der Waals surface area contributed by atoms with Crippen molar-refractivity contribution in [2.24, 2.45) is 5.92 Å². The molecule has 172 valence electrons. The highest BCUT2D eigenvalue weighted by Crippen LogP contribution is 2.35. The molecular formula is C24H25F3INO3. The van der Waals surface area contributed by atoms with Gasteiger partial charge in [0, 0.05) is 21.1 Å². The number of nitrogens with zero attached hydrogens (tertiary/aromatic N) is 1. The Morgan fingerprint density at radius 3 is 2.53 bits per heavy atom. The number of carbonyl (C=O) groups excluding carboxylic acids is 1. The average molecular weight is 559 g/mol. The lowest BCUT2D eigenvalue weighted by molar-refractivity contribution is -0.0903. The minimum absolute atomic E-state index is 0.0323. The molecule has 4 nitrogen and oxygen atoms in total. The van der Waals surface area contributed by atoms with E-state index in [9.17, 15) is 28.2 Å². The number of amides is 1. The number of hydrogen-bond donors (Lipinski definition) is 2. The molecule has 0 radical (unpaired) electrons. The highest BCUT2D eigenvalue weighted by atomic mass is 127. The molecule has 1 aliphatic heterocycles. The maximum absolute atomic E-state index is 14.6. The molecule has 0 spiro atoms. The summed E-state index contributed by atoms with van der Waals surface area (Å²) in [6.07, 6.45) is 3.27. The number of aliphatic hydroxyl groups excluding tert-OH is 1. The van der Waals surface area contributed by atoms with E-state index in [-0.39, 0.29) is 48.2 Å². The van der Waals surface area contributed by atoms with Gasteiger partial charge in [-0.3, -0.25) is 4.79 Å². The first kappa shape index (κ1) is 23.5. The molecular weight excluding hydrogens is 534 g/mol. The largest absolute Gasteiger partial charge is 0.393 e. The van der Waals surface area contributed by atoms with E-state index in [1.54, 1.807) is 6.07 Å². The van der Waals surface area contributed by atoms with Crippen LogP contribution in [0.5, 0.6) is 0 Å². The number of β-amino-alcohol motifs (C(OH)–C–C–N with tert-alkyl or cyclic N) is 1. The molecule has 32 heavy (non-hydrogen) atoms. The Morgan fingerprint density at radius 2 is 1.88 bits per heavy atom. The molecule has 2 atom stereocenters. The number of hydrogen-bond acceptors (Lipinski definition) is 3. The monoisotopic (exact) mass is 559 g/mol. The Balaban J connectivity index is 1.48. The van der Waals surface area contributed by atoms with Gasteiger partial charge in [-0.1, -0.05) is 12.5 Å². The van der Waals surface area contributed by atoms with Gasteiger partial charge >= 0.3 is 0 Å². The lowest BCUT2D eigenvalue weighted by Crippen LogP contribution is -2.63. The number of rotatable bonds is 6. The smallest absolute Gasteiger partial charge is 0.254 e. The molecule has 2 aromatic carbocycles. The van der Waals surface area contributed by atoms with Crippen LogP contribution >= 0.6 is 22.6 Å². The predicted octanol–water partition coefficient (Wildman–Crippen LogP) is 4.43. The van der Waals surface area contributed by atoms with Gasteiger partial charge < -0.3 is 15.1 Å². The highest BCUT2D eigenvalue weighted by Gasteiger charge is 2.44. The normalized spacial score (nSPS) is 22.1. The number of halogens is 4. The van der Waals surface area contributed by atoms with Gasteiger partial charge in [-0.25, -0.2) is 13.2 Å². The Morgan fingerprint density at radius 1 is 1.12 bits per heavy atom. The molecule has 2 fully saturated rings. The zero-order valence-electron chi connectivity index (χ0n) is 17.5. The lowest BCUT2D eigenvalue weighted by atomic mass is 9.84. The van der Waals surface area contributed by atoms with Crippen molar-refractivity contribution in [3.8, 4) is 0 Å². The summed E-state index contributed by atoms with van der Waals surface area (Å²) in [5.41, 5.74) is -1.10. The van der Waals surface area contributed by atoms with Crippen LogP contribution in [0.4, 0.5) is 13.2 Å². The first-order valence-electron chi connectivity index (χ1n) is 10.8. The summed E-state index contributed by atoms with van der Waals surface area (Å²) in [5.74, 6) is -3.16. The summed E-state index contributed by atoms with van der Waals surface area (Å²) in [4.78, 5) is 14.4. The van der Waals surface area contributed by atoms with Gasteiger partial charge in [0.15, 0.2) is 11.6 Å². The van der Waals surface area contributed by atoms with Crippen molar-refractivity contribution >= 4 is 28.5 Å². The minimum Gasteiger partial charge on any atom is -0.393 e. The van der Waals surface area contributed by atoms with E-state index in [1.807, 2.05) is 22.6 Å². The molecule has 1 aliphatic carbocycles. The van der Waals surface area contributed by atoms with Gasteiger partial charge in [0.25, 0.3) is 5.91 Å². The van der Waals surface area contributed by atoms with Crippen LogP contribution < -0.4 is 0 Å². The van der Waals surface area contributed by atoms with Crippen molar-refractivity contribution in [3.05, 3.63) is 68.0 Å². The van der Waals surface area contributed by atoms with Crippen LogP contribution in [-0.4, -0.2) is 45.8 Å². The van der Waals surface area contributed by atoms with E-state index < -0.39 is 29.0 Å². The molecule has 0 bridgehead atoms. The van der Waals surface area contributed by atoms with Crippen LogP contribution in [-0.2, 0) is 6.42 Å². The maximum atomic E-state index is 14.6. The predicted molar refractivity (Wildman–Crippen MR) is 122 cm³/mol. The molecule has 8 heteroatoms. The molecule has 1 heterocycles. The summed E-state index contributed by atoms with van der Waals surface area (Å²) >= 11 is 1.95. The maximum Gasteiger partial charge on any atom is 0.254 e. The number of likely N-dealkylation sites (tertiary alicyclic amines) is 1. The fraction of sp³-hybridized carbons (Fsp3) is 0.458. The van der Waals surface area contributed by atoms with Gasteiger partial charge in [0.2, 0.25) is 0 Å². The van der Waals surface area contributed by atoms with Crippen LogP contribution in [0.15, 0.2) is 30.3 Å². The average Bonchev–Trinajstić information content (AvgIpc) is 3.14. The quantitative estimate of drug-likeness (QED) is 0.516. The molecule has 0 unspecified atom stereocenters. The zero-order valence-corrected chi connectivity index (χ0v) is 19.6. The molecule has 2 aromatic rings. The topological polar surface area (TPSA) is 60.8 Å². The molecule has 0 aromatic heterocycles. The molecule has 4 rings (SSSR count). The first-order chi connectivity index (χ1) is 15.2. The lowest BCUT2D eigenvalue weighted by Gasteiger charge is -2.47. The van der Waals surface area contributed by atoms with E-state index in [2.05, 4.69) is 0 Å². The SMILES string of the molecule is O=C(c1ccc(F)c(F)c1Cc1ccc(I)cc1F)N1CC(O)(CC[C@H]2CCC[C@@H]2O)C1. The molecule has 1 amide bonds. The third kappa shape index (κ3) is 4.82. The summed E-state index contributed by atoms with van der Waals surface area (Å²) in [5, 5.41) is 20.7. The first-order valence-corrected chi connectivity index (χ1v) is 11.9. The van der Waals surface area contributed by atoms with Crippen molar-refractivity contribution in [2.75, 3.05) is 13.1 Å². The van der Waals surface area contributed by atoms with Crippen molar-refractivity contribution in [3.63, 3.8) is 0 Å². The summed E-state index contributed by atoms with van der Waals surface area (Å²) in [7, 11) is 0. The Hall–Kier alpha value is -1.65. The van der Waals surface area contributed by atoms with Crippen molar-refractivity contribution in [1.29, 1.82) is 0 Å². The number of benzene rings is 2. The summed E-state index contributed by atoms with van der Waals surface area (Å²) < 4.78 is 43.6. The fourth-order valence-corrected chi connectivity index (χ4v) is 5.22. The third-order valence-electron chi connectivity index (χ3n) is 6.67. The molecule has 1 saturated carbocycles. The highest BCUT2D eigenvalue weighted by molar-refractivity contribution is 14.1. The second-order valence-electron chi connectivity index (χ2n) is 8.98. The fourth-order valence-electron chi connectivity index (χ4n) is 4.77. The Kier molecular flexibility index (Phi) is 6.84. The summed E-state index contributed by atoms with van der Waals surface area (Å²) in [6, 6.07) is 6.56. The van der Waals surface area contributed by atoms with Gasteiger partial charge in [0.05, 0.1) is 24.8 Å². The van der Waals surface area contributed by atoms with Crippen LogP contribution in [0.1, 0.15) is 53.6 Å². The second-order valence-corrected chi connectivity index (χ2v) is 10.2. The van der Waals surface area contributed by atoms with E-state index in [0.717, 1.165) is 25.3 Å². The van der Waals surface area contributed by atoms with Gasteiger partial charge in [-0.05, 0) is 84.0 Å². The van der Waals surface area contributed by atoms with Crippen LogP contribution in [0.2, 0.25) is 0 Å². The van der Waals surface area contributed by atoms with Crippen molar-refractivity contribution in [1.82, 2.24) is 4.90 Å². The van der Waals surface area contributed by atoms with Crippen molar-refractivity contribution in [2.45, 2.75) is 50.2 Å². The van der Waals surface area contributed by atoms with E-state index in [0.29, 0.717) is 16.4 Å². The number of aliphatic hydroxyl groups is 2. The third-order valence-corrected chi connectivity index (χ3v) is 7.34. The van der Waals surface area contributed by atoms with Crippen molar-refractivity contribution < 1.29 is 28.2 Å². The van der Waals surface area contributed by atoms with Crippen LogP contribution in [0.3, 0.4) is 0 Å². The van der Waals surface area contributed by atoms with Gasteiger partial charge in [0.1, 0.15) is 5.82 Å². The molecule has 2 N–H and O–H groups in total. The second kappa shape index (κ2) is 9.30. The summed E-state index contributed by atoms with van der Waals surface area (Å²) in [6.45, 7) is 0.177. The standard InChI is InChI=1S/C24H25F3INO3/c25-19-7-6-17(18(22(19)27)10-15-4-5-16(28)11-20(15)26)23(31)29-12-24(32,13-29)9-8-14-2-1-3-21(14)30/h4-7,11,14,21,30,32H,1-3,8-10,12-13H2/t14-,21+/m1/s1. The van der Waals surface area contributed by atoms with E-state index >= 15 is 0 Å².